The lowest BCUT2D eigenvalue weighted by molar-refractivity contribution is -0.154. The highest BCUT2D eigenvalue weighted by molar-refractivity contribution is 7.16. The number of esters is 1. The van der Waals surface area contributed by atoms with E-state index in [-0.39, 0.29) is 5.97 Å². The van der Waals surface area contributed by atoms with E-state index in [1.54, 1.807) is 11.3 Å². The zero-order chi connectivity index (χ0) is 18.6. The largest absolute Gasteiger partial charge is 0.460 e. The van der Waals surface area contributed by atoms with Crippen LogP contribution in [0.3, 0.4) is 0 Å². The SMILES string of the molecule is CC(C)(C)OC(=O)CCCCc1ccc(-c2ccc3scnc3c2)cc1. The van der Waals surface area contributed by atoms with E-state index < -0.39 is 5.60 Å². The molecule has 3 aromatic rings. The number of aromatic nitrogens is 1. The molecule has 0 amide bonds. The second-order valence-corrected chi connectivity index (χ2v) is 8.41. The third kappa shape index (κ3) is 5.15. The summed E-state index contributed by atoms with van der Waals surface area (Å²) in [7, 11) is 0. The van der Waals surface area contributed by atoms with E-state index in [1.807, 2.05) is 26.3 Å². The molecule has 0 aliphatic carbocycles. The Morgan fingerprint density at radius 3 is 2.50 bits per heavy atom. The number of hydrogen-bond donors (Lipinski definition) is 0. The number of carbonyl (C=O) groups is 1. The van der Waals surface area contributed by atoms with Gasteiger partial charge in [0.2, 0.25) is 0 Å². The molecule has 0 spiro atoms. The van der Waals surface area contributed by atoms with Crippen LogP contribution in [0.5, 0.6) is 0 Å². The third-order valence-corrected chi connectivity index (χ3v) is 4.94. The van der Waals surface area contributed by atoms with Gasteiger partial charge in [0, 0.05) is 6.42 Å². The average Bonchev–Trinajstić information content (AvgIpc) is 3.05. The van der Waals surface area contributed by atoms with Crippen LogP contribution in [0.25, 0.3) is 21.3 Å². The number of ether oxygens (including phenoxy) is 1. The van der Waals surface area contributed by atoms with Crippen LogP contribution in [-0.4, -0.2) is 16.6 Å². The first-order valence-corrected chi connectivity index (χ1v) is 9.93. The first-order chi connectivity index (χ1) is 12.4. The van der Waals surface area contributed by atoms with Crippen LogP contribution in [0.2, 0.25) is 0 Å². The lowest BCUT2D eigenvalue weighted by atomic mass is 10.0. The highest BCUT2D eigenvalue weighted by atomic mass is 32.1. The van der Waals surface area contributed by atoms with Crippen molar-refractivity contribution in [2.24, 2.45) is 0 Å². The number of thiazole rings is 1. The summed E-state index contributed by atoms with van der Waals surface area (Å²) in [5, 5.41) is 0. The van der Waals surface area contributed by atoms with Crippen LogP contribution >= 0.6 is 11.3 Å². The number of rotatable bonds is 6. The molecule has 3 rings (SSSR count). The normalized spacial score (nSPS) is 11.7. The molecule has 0 unspecified atom stereocenters. The van der Waals surface area contributed by atoms with Crippen molar-refractivity contribution in [3.8, 4) is 11.1 Å². The lowest BCUT2D eigenvalue weighted by Crippen LogP contribution is -2.23. The van der Waals surface area contributed by atoms with Crippen LogP contribution in [0.1, 0.15) is 45.6 Å². The van der Waals surface area contributed by atoms with Gasteiger partial charge in [0.15, 0.2) is 0 Å². The summed E-state index contributed by atoms with van der Waals surface area (Å²) in [5.74, 6) is -0.106. The lowest BCUT2D eigenvalue weighted by Gasteiger charge is -2.19. The molecule has 1 heterocycles. The molecule has 0 atom stereocenters. The maximum absolute atomic E-state index is 11.7. The predicted octanol–water partition coefficient (Wildman–Crippen LogP) is 6.02. The fraction of sp³-hybridized carbons (Fsp3) is 0.364. The zero-order valence-electron chi connectivity index (χ0n) is 15.6. The number of carbonyl (C=O) groups excluding carboxylic acids is 1. The molecule has 0 fully saturated rings. The van der Waals surface area contributed by atoms with Crippen molar-refractivity contribution in [1.82, 2.24) is 4.98 Å². The maximum atomic E-state index is 11.7. The molecule has 2 aromatic carbocycles. The monoisotopic (exact) mass is 367 g/mol. The number of fused-ring (bicyclic) bond motifs is 1. The van der Waals surface area contributed by atoms with Gasteiger partial charge < -0.3 is 4.74 Å². The summed E-state index contributed by atoms with van der Waals surface area (Å²) in [6, 6.07) is 15.1. The Morgan fingerprint density at radius 2 is 1.77 bits per heavy atom. The molecular formula is C22H25NO2S. The van der Waals surface area contributed by atoms with E-state index in [2.05, 4.69) is 47.4 Å². The molecule has 1 aromatic heterocycles. The second kappa shape index (κ2) is 8.00. The highest BCUT2D eigenvalue weighted by Crippen LogP contribution is 2.26. The van der Waals surface area contributed by atoms with Gasteiger partial charge in [-0.3, -0.25) is 4.79 Å². The van der Waals surface area contributed by atoms with E-state index in [1.165, 1.54) is 21.4 Å². The Morgan fingerprint density at radius 1 is 1.04 bits per heavy atom. The first kappa shape index (κ1) is 18.6. The van der Waals surface area contributed by atoms with Crippen molar-refractivity contribution in [2.45, 2.75) is 52.1 Å². The molecule has 0 saturated heterocycles. The summed E-state index contributed by atoms with van der Waals surface area (Å²) < 4.78 is 6.55. The van der Waals surface area contributed by atoms with Crippen LogP contribution in [0.4, 0.5) is 0 Å². The van der Waals surface area contributed by atoms with Gasteiger partial charge in [-0.05, 0) is 68.9 Å². The molecule has 3 nitrogen and oxygen atoms in total. The summed E-state index contributed by atoms with van der Waals surface area (Å²) in [6.07, 6.45) is 3.32. The van der Waals surface area contributed by atoms with Gasteiger partial charge in [-0.15, -0.1) is 11.3 Å². The van der Waals surface area contributed by atoms with Crippen LogP contribution < -0.4 is 0 Å². The molecule has 0 aliphatic heterocycles. The Balaban J connectivity index is 1.51. The van der Waals surface area contributed by atoms with Gasteiger partial charge in [0.1, 0.15) is 5.60 Å². The number of aryl methyl sites for hydroxylation is 1. The van der Waals surface area contributed by atoms with Gasteiger partial charge in [-0.1, -0.05) is 30.3 Å². The minimum Gasteiger partial charge on any atom is -0.460 e. The predicted molar refractivity (Wildman–Crippen MR) is 108 cm³/mol. The van der Waals surface area contributed by atoms with Crippen LogP contribution in [-0.2, 0) is 16.0 Å². The Bertz CT molecular complexity index is 875. The van der Waals surface area contributed by atoms with Crippen molar-refractivity contribution < 1.29 is 9.53 Å². The quantitative estimate of drug-likeness (QED) is 0.395. The second-order valence-electron chi connectivity index (χ2n) is 7.53. The van der Waals surface area contributed by atoms with Crippen molar-refractivity contribution in [3.05, 3.63) is 53.5 Å². The number of nitrogens with zero attached hydrogens (tertiary/aromatic N) is 1. The van der Waals surface area contributed by atoms with Gasteiger partial charge in [0.05, 0.1) is 15.7 Å². The van der Waals surface area contributed by atoms with E-state index in [0.717, 1.165) is 24.8 Å². The van der Waals surface area contributed by atoms with Gasteiger partial charge >= 0.3 is 5.97 Å². The van der Waals surface area contributed by atoms with Crippen molar-refractivity contribution >= 4 is 27.5 Å². The smallest absolute Gasteiger partial charge is 0.306 e. The van der Waals surface area contributed by atoms with E-state index in [9.17, 15) is 4.79 Å². The summed E-state index contributed by atoms with van der Waals surface area (Å²) in [5.41, 5.74) is 6.24. The van der Waals surface area contributed by atoms with E-state index in [4.69, 9.17) is 4.74 Å². The maximum Gasteiger partial charge on any atom is 0.306 e. The molecule has 0 bridgehead atoms. The minimum atomic E-state index is -0.394. The van der Waals surface area contributed by atoms with Crippen molar-refractivity contribution in [2.75, 3.05) is 0 Å². The Labute approximate surface area is 159 Å². The topological polar surface area (TPSA) is 39.2 Å². The summed E-state index contributed by atoms with van der Waals surface area (Å²) >= 11 is 1.67. The van der Waals surface area contributed by atoms with Gasteiger partial charge in [-0.2, -0.15) is 0 Å². The summed E-state index contributed by atoms with van der Waals surface area (Å²) in [6.45, 7) is 5.70. The van der Waals surface area contributed by atoms with Gasteiger partial charge in [0.25, 0.3) is 0 Å². The first-order valence-electron chi connectivity index (χ1n) is 9.05. The van der Waals surface area contributed by atoms with Crippen molar-refractivity contribution in [3.63, 3.8) is 0 Å². The Kier molecular flexibility index (Phi) is 5.72. The third-order valence-electron chi connectivity index (χ3n) is 4.13. The zero-order valence-corrected chi connectivity index (χ0v) is 16.4. The fourth-order valence-corrected chi connectivity index (χ4v) is 3.55. The number of benzene rings is 2. The summed E-state index contributed by atoms with van der Waals surface area (Å²) in [4.78, 5) is 16.1. The van der Waals surface area contributed by atoms with E-state index in [0.29, 0.717) is 6.42 Å². The molecule has 0 saturated carbocycles. The Hall–Kier alpha value is -2.20. The fourth-order valence-electron chi connectivity index (χ4n) is 2.89. The van der Waals surface area contributed by atoms with Crippen LogP contribution in [0.15, 0.2) is 48.0 Å². The van der Waals surface area contributed by atoms with Gasteiger partial charge in [-0.25, -0.2) is 4.98 Å². The molecule has 0 N–H and O–H groups in total. The van der Waals surface area contributed by atoms with Crippen molar-refractivity contribution in [1.29, 1.82) is 0 Å². The van der Waals surface area contributed by atoms with E-state index >= 15 is 0 Å². The number of hydrogen-bond acceptors (Lipinski definition) is 4. The molecule has 26 heavy (non-hydrogen) atoms. The minimum absolute atomic E-state index is 0.106. The molecule has 0 radical (unpaired) electrons. The average molecular weight is 368 g/mol. The highest BCUT2D eigenvalue weighted by Gasteiger charge is 2.15. The molecular weight excluding hydrogens is 342 g/mol. The molecule has 136 valence electrons. The standard InChI is InChI=1S/C22H25NO2S/c1-22(2,3)25-21(24)7-5-4-6-16-8-10-17(11-9-16)18-12-13-20-19(14-18)23-15-26-20/h8-15H,4-7H2,1-3H3. The molecule has 4 heteroatoms. The van der Waals surface area contributed by atoms with Crippen LogP contribution in [0, 0.1) is 0 Å². The number of unbranched alkanes of at least 4 members (excludes halogenated alkanes) is 1. The molecule has 0 aliphatic rings.